The third-order valence-corrected chi connectivity index (χ3v) is 3.23. The number of imidazole rings is 1. The van der Waals surface area contributed by atoms with Crippen molar-refractivity contribution in [3.63, 3.8) is 0 Å². The Morgan fingerprint density at radius 3 is 3.00 bits per heavy atom. The summed E-state index contributed by atoms with van der Waals surface area (Å²) in [5.41, 5.74) is 1.45. The summed E-state index contributed by atoms with van der Waals surface area (Å²) in [6.45, 7) is 5.53. The quantitative estimate of drug-likeness (QED) is 0.861. The highest BCUT2D eigenvalue weighted by Gasteiger charge is 2.19. The molecule has 0 unspecified atom stereocenters. The molecular formula is C11H17N3S. The van der Waals surface area contributed by atoms with Gasteiger partial charge in [0.25, 0.3) is 0 Å². The molecule has 2 rings (SSSR count). The van der Waals surface area contributed by atoms with E-state index in [0.717, 1.165) is 17.9 Å². The summed E-state index contributed by atoms with van der Waals surface area (Å²) in [5.74, 6) is 0. The number of hydrogen-bond donors (Lipinski definition) is 1. The lowest BCUT2D eigenvalue weighted by Crippen LogP contribution is -2.28. The summed E-state index contributed by atoms with van der Waals surface area (Å²) in [6, 6.07) is 0. The normalized spacial score (nSPS) is 12.5. The maximum Gasteiger partial charge on any atom is 0.193 e. The summed E-state index contributed by atoms with van der Waals surface area (Å²) in [7, 11) is 1.99. The molecule has 0 bridgehead atoms. The first kappa shape index (κ1) is 10.6. The Labute approximate surface area is 94.1 Å². The topological polar surface area (TPSA) is 29.3 Å². The fraction of sp³-hybridized carbons (Fsp3) is 0.545. The van der Waals surface area contributed by atoms with Crippen LogP contribution in [0.2, 0.25) is 0 Å². The van der Waals surface area contributed by atoms with Crippen LogP contribution in [-0.4, -0.2) is 23.0 Å². The van der Waals surface area contributed by atoms with Gasteiger partial charge in [-0.05, 0) is 18.9 Å². The molecule has 0 radical (unpaired) electrons. The van der Waals surface area contributed by atoms with E-state index in [-0.39, 0.29) is 5.41 Å². The predicted octanol–water partition coefficient (Wildman–Crippen LogP) is 2.18. The monoisotopic (exact) mass is 223 g/mol. The van der Waals surface area contributed by atoms with Gasteiger partial charge in [0, 0.05) is 24.3 Å². The average molecular weight is 223 g/mol. The second kappa shape index (κ2) is 3.94. The Kier molecular flexibility index (Phi) is 2.80. The van der Waals surface area contributed by atoms with Gasteiger partial charge in [0.05, 0.1) is 5.69 Å². The molecule has 15 heavy (non-hydrogen) atoms. The summed E-state index contributed by atoms with van der Waals surface area (Å²) in [5, 5.41) is 5.28. The molecule has 1 N–H and O–H groups in total. The lowest BCUT2D eigenvalue weighted by molar-refractivity contribution is 0.347. The fourth-order valence-corrected chi connectivity index (χ4v) is 2.61. The van der Waals surface area contributed by atoms with Crippen LogP contribution < -0.4 is 5.32 Å². The van der Waals surface area contributed by atoms with Crippen LogP contribution in [0.4, 0.5) is 0 Å². The molecule has 0 aromatic carbocycles. The van der Waals surface area contributed by atoms with Crippen molar-refractivity contribution in [2.45, 2.75) is 20.3 Å². The van der Waals surface area contributed by atoms with Gasteiger partial charge in [0.1, 0.15) is 0 Å². The number of fused-ring (bicyclic) bond motifs is 1. The SMILES string of the molecule is CNCC(C)(C)Cc1cn2ccsc2n1. The van der Waals surface area contributed by atoms with Crippen molar-refractivity contribution in [1.82, 2.24) is 14.7 Å². The zero-order valence-corrected chi connectivity index (χ0v) is 10.3. The first-order valence-corrected chi connectivity index (χ1v) is 6.04. The van der Waals surface area contributed by atoms with Gasteiger partial charge in [-0.1, -0.05) is 13.8 Å². The first-order valence-electron chi connectivity index (χ1n) is 5.16. The van der Waals surface area contributed by atoms with Crippen LogP contribution in [0.25, 0.3) is 4.96 Å². The van der Waals surface area contributed by atoms with Gasteiger partial charge < -0.3 is 5.32 Å². The molecule has 0 aliphatic heterocycles. The van der Waals surface area contributed by atoms with Crippen LogP contribution >= 0.6 is 11.3 Å². The van der Waals surface area contributed by atoms with Gasteiger partial charge in [-0.15, -0.1) is 11.3 Å². The third-order valence-electron chi connectivity index (χ3n) is 2.46. The summed E-state index contributed by atoms with van der Waals surface area (Å²) in [4.78, 5) is 5.68. The van der Waals surface area contributed by atoms with E-state index in [0.29, 0.717) is 0 Å². The lowest BCUT2D eigenvalue weighted by atomic mass is 9.88. The van der Waals surface area contributed by atoms with Crippen LogP contribution in [0.15, 0.2) is 17.8 Å². The molecule has 0 saturated carbocycles. The van der Waals surface area contributed by atoms with Crippen molar-refractivity contribution >= 4 is 16.3 Å². The highest BCUT2D eigenvalue weighted by atomic mass is 32.1. The van der Waals surface area contributed by atoms with Crippen molar-refractivity contribution in [2.75, 3.05) is 13.6 Å². The lowest BCUT2D eigenvalue weighted by Gasteiger charge is -2.22. The zero-order chi connectivity index (χ0) is 10.9. The van der Waals surface area contributed by atoms with Gasteiger partial charge in [-0.25, -0.2) is 4.98 Å². The van der Waals surface area contributed by atoms with E-state index < -0.39 is 0 Å². The number of nitrogens with one attached hydrogen (secondary N) is 1. The number of thiazole rings is 1. The van der Waals surface area contributed by atoms with E-state index in [9.17, 15) is 0 Å². The molecule has 3 nitrogen and oxygen atoms in total. The van der Waals surface area contributed by atoms with E-state index in [1.807, 2.05) is 7.05 Å². The summed E-state index contributed by atoms with van der Waals surface area (Å²) in [6.07, 6.45) is 5.20. The van der Waals surface area contributed by atoms with E-state index >= 15 is 0 Å². The third kappa shape index (κ3) is 2.38. The van der Waals surface area contributed by atoms with Gasteiger partial charge >= 0.3 is 0 Å². The Bertz CT molecular complexity index is 413. The molecule has 4 heteroatoms. The molecule has 0 aliphatic rings. The van der Waals surface area contributed by atoms with Crippen molar-refractivity contribution < 1.29 is 0 Å². The van der Waals surface area contributed by atoms with Crippen LogP contribution in [0, 0.1) is 5.41 Å². The number of aromatic nitrogens is 2. The molecule has 0 amide bonds. The largest absolute Gasteiger partial charge is 0.319 e. The number of rotatable bonds is 4. The van der Waals surface area contributed by atoms with Gasteiger partial charge in [0.15, 0.2) is 4.96 Å². The second-order valence-corrected chi connectivity index (χ2v) is 5.57. The molecule has 0 saturated heterocycles. The zero-order valence-electron chi connectivity index (χ0n) is 9.45. The summed E-state index contributed by atoms with van der Waals surface area (Å²) < 4.78 is 2.09. The second-order valence-electron chi connectivity index (χ2n) is 4.70. The minimum Gasteiger partial charge on any atom is -0.319 e. The predicted molar refractivity (Wildman–Crippen MR) is 64.5 cm³/mol. The van der Waals surface area contributed by atoms with Crippen LogP contribution in [0.3, 0.4) is 0 Å². The maximum absolute atomic E-state index is 4.59. The van der Waals surface area contributed by atoms with E-state index in [4.69, 9.17) is 0 Å². The molecule has 0 fully saturated rings. The standard InChI is InChI=1S/C11H17N3S/c1-11(2,8-12-3)6-9-7-14-4-5-15-10(14)13-9/h4-5,7,12H,6,8H2,1-3H3. The summed E-state index contributed by atoms with van der Waals surface area (Å²) >= 11 is 1.68. The molecular weight excluding hydrogens is 206 g/mol. The fourth-order valence-electron chi connectivity index (χ4n) is 1.89. The Morgan fingerprint density at radius 1 is 1.53 bits per heavy atom. The van der Waals surface area contributed by atoms with Crippen molar-refractivity contribution in [3.05, 3.63) is 23.5 Å². The van der Waals surface area contributed by atoms with Gasteiger partial charge in [-0.2, -0.15) is 0 Å². The Morgan fingerprint density at radius 2 is 2.33 bits per heavy atom. The molecule has 2 aromatic rings. The minimum absolute atomic E-state index is 0.263. The average Bonchev–Trinajstić information content (AvgIpc) is 2.61. The Balaban J connectivity index is 2.15. The first-order chi connectivity index (χ1) is 7.11. The van der Waals surface area contributed by atoms with Crippen LogP contribution in [-0.2, 0) is 6.42 Å². The molecule has 0 aliphatic carbocycles. The highest BCUT2D eigenvalue weighted by Crippen LogP contribution is 2.21. The van der Waals surface area contributed by atoms with E-state index in [1.54, 1.807) is 11.3 Å². The van der Waals surface area contributed by atoms with Crippen LogP contribution in [0.5, 0.6) is 0 Å². The Hall–Kier alpha value is -0.870. The van der Waals surface area contributed by atoms with E-state index in [1.165, 1.54) is 5.69 Å². The van der Waals surface area contributed by atoms with Crippen LogP contribution in [0.1, 0.15) is 19.5 Å². The molecule has 0 spiro atoms. The van der Waals surface area contributed by atoms with E-state index in [2.05, 4.69) is 46.3 Å². The van der Waals surface area contributed by atoms with Crippen molar-refractivity contribution in [3.8, 4) is 0 Å². The van der Waals surface area contributed by atoms with Gasteiger partial charge in [-0.3, -0.25) is 4.40 Å². The maximum atomic E-state index is 4.59. The van der Waals surface area contributed by atoms with Crippen molar-refractivity contribution in [1.29, 1.82) is 0 Å². The molecule has 2 aromatic heterocycles. The van der Waals surface area contributed by atoms with Gasteiger partial charge in [0.2, 0.25) is 0 Å². The number of hydrogen-bond acceptors (Lipinski definition) is 3. The van der Waals surface area contributed by atoms with Crippen molar-refractivity contribution in [2.24, 2.45) is 5.41 Å². The minimum atomic E-state index is 0.263. The smallest absolute Gasteiger partial charge is 0.193 e. The highest BCUT2D eigenvalue weighted by molar-refractivity contribution is 7.15. The number of nitrogens with zero attached hydrogens (tertiary/aromatic N) is 2. The molecule has 2 heterocycles. The molecule has 0 atom stereocenters. The molecule has 82 valence electrons.